The predicted molar refractivity (Wildman–Crippen MR) is 70.6 cm³/mol. The van der Waals surface area contributed by atoms with Gasteiger partial charge in [0.05, 0.1) is 7.11 Å². The zero-order valence-electron chi connectivity index (χ0n) is 11.0. The summed E-state index contributed by atoms with van der Waals surface area (Å²) in [5.41, 5.74) is 0.551. The fourth-order valence-corrected chi connectivity index (χ4v) is 1.79. The molecule has 5 heteroatoms. The first-order chi connectivity index (χ1) is 9.28. The average Bonchev–Trinajstić information content (AvgIpc) is 2.92. The lowest BCUT2D eigenvalue weighted by molar-refractivity contribution is 0.112. The van der Waals surface area contributed by atoms with Crippen molar-refractivity contribution >= 4 is 6.29 Å². The standard InChI is InChI=1S/C14H16N2O3/c1-3-16-7-6-15-14(16)10-19-13-8-11(9-17)4-5-12(13)18-2/h4-9H,3,10H2,1-2H3. The molecule has 2 aromatic rings. The van der Waals surface area contributed by atoms with Crippen molar-refractivity contribution in [2.45, 2.75) is 20.1 Å². The second-order valence-corrected chi connectivity index (χ2v) is 3.95. The number of aromatic nitrogens is 2. The van der Waals surface area contributed by atoms with Crippen molar-refractivity contribution in [1.29, 1.82) is 0 Å². The smallest absolute Gasteiger partial charge is 0.162 e. The summed E-state index contributed by atoms with van der Waals surface area (Å²) in [6.45, 7) is 3.21. The van der Waals surface area contributed by atoms with Gasteiger partial charge in [0.2, 0.25) is 0 Å². The number of hydrogen-bond donors (Lipinski definition) is 0. The van der Waals surface area contributed by atoms with Crippen LogP contribution in [0.1, 0.15) is 23.1 Å². The van der Waals surface area contributed by atoms with Crippen LogP contribution in [0.15, 0.2) is 30.6 Å². The maximum Gasteiger partial charge on any atom is 0.162 e. The van der Waals surface area contributed by atoms with Crippen molar-refractivity contribution in [1.82, 2.24) is 9.55 Å². The highest BCUT2D eigenvalue weighted by Gasteiger charge is 2.08. The van der Waals surface area contributed by atoms with E-state index < -0.39 is 0 Å². The Bertz CT molecular complexity index is 564. The van der Waals surface area contributed by atoms with Crippen LogP contribution < -0.4 is 9.47 Å². The Hall–Kier alpha value is -2.30. The second kappa shape index (κ2) is 6.04. The molecule has 5 nitrogen and oxygen atoms in total. The molecule has 0 radical (unpaired) electrons. The van der Waals surface area contributed by atoms with Gasteiger partial charge in [-0.1, -0.05) is 0 Å². The summed E-state index contributed by atoms with van der Waals surface area (Å²) in [5, 5.41) is 0. The fourth-order valence-electron chi connectivity index (χ4n) is 1.79. The Morgan fingerprint density at radius 3 is 2.89 bits per heavy atom. The van der Waals surface area contributed by atoms with E-state index in [0.717, 1.165) is 18.7 Å². The van der Waals surface area contributed by atoms with Crippen LogP contribution in [0.5, 0.6) is 11.5 Å². The van der Waals surface area contributed by atoms with E-state index in [9.17, 15) is 4.79 Å². The second-order valence-electron chi connectivity index (χ2n) is 3.95. The molecular formula is C14H16N2O3. The van der Waals surface area contributed by atoms with Gasteiger partial charge in [0, 0.05) is 24.5 Å². The Labute approximate surface area is 111 Å². The molecule has 0 fully saturated rings. The van der Waals surface area contributed by atoms with E-state index in [0.29, 0.717) is 23.7 Å². The van der Waals surface area contributed by atoms with Crippen LogP contribution in [0, 0.1) is 0 Å². The van der Waals surface area contributed by atoms with Crippen LogP contribution in [0.3, 0.4) is 0 Å². The van der Waals surface area contributed by atoms with Gasteiger partial charge < -0.3 is 14.0 Å². The number of benzene rings is 1. The van der Waals surface area contributed by atoms with E-state index in [-0.39, 0.29) is 0 Å². The van der Waals surface area contributed by atoms with Crippen molar-refractivity contribution in [3.05, 3.63) is 42.0 Å². The number of aryl methyl sites for hydroxylation is 1. The summed E-state index contributed by atoms with van der Waals surface area (Å²) < 4.78 is 12.9. The normalized spacial score (nSPS) is 10.2. The molecular weight excluding hydrogens is 244 g/mol. The summed E-state index contributed by atoms with van der Waals surface area (Å²) in [5.74, 6) is 1.97. The lowest BCUT2D eigenvalue weighted by atomic mass is 10.2. The third-order valence-corrected chi connectivity index (χ3v) is 2.82. The van der Waals surface area contributed by atoms with Crippen molar-refractivity contribution in [3.63, 3.8) is 0 Å². The van der Waals surface area contributed by atoms with E-state index in [2.05, 4.69) is 4.98 Å². The Morgan fingerprint density at radius 1 is 1.37 bits per heavy atom. The Balaban J connectivity index is 2.16. The molecule has 1 heterocycles. The number of ether oxygens (including phenoxy) is 2. The van der Waals surface area contributed by atoms with Crippen molar-refractivity contribution in [2.24, 2.45) is 0 Å². The van der Waals surface area contributed by atoms with Gasteiger partial charge in [0.1, 0.15) is 18.7 Å². The van der Waals surface area contributed by atoms with Crippen LogP contribution in [0.25, 0.3) is 0 Å². The first-order valence-corrected chi connectivity index (χ1v) is 6.04. The Morgan fingerprint density at radius 2 is 2.21 bits per heavy atom. The molecule has 0 spiro atoms. The van der Waals surface area contributed by atoms with Gasteiger partial charge in [0.25, 0.3) is 0 Å². The lowest BCUT2D eigenvalue weighted by Crippen LogP contribution is -2.06. The quantitative estimate of drug-likeness (QED) is 0.748. The molecule has 19 heavy (non-hydrogen) atoms. The van der Waals surface area contributed by atoms with Gasteiger partial charge in [-0.05, 0) is 25.1 Å². The lowest BCUT2D eigenvalue weighted by Gasteiger charge is -2.11. The van der Waals surface area contributed by atoms with Crippen LogP contribution >= 0.6 is 0 Å². The summed E-state index contributed by atoms with van der Waals surface area (Å²) in [6, 6.07) is 5.06. The molecule has 0 saturated carbocycles. The number of hydrogen-bond acceptors (Lipinski definition) is 4. The van der Waals surface area contributed by atoms with Gasteiger partial charge in [-0.25, -0.2) is 4.98 Å². The van der Waals surface area contributed by atoms with Crippen LogP contribution in [-0.4, -0.2) is 22.9 Å². The molecule has 100 valence electrons. The third-order valence-electron chi connectivity index (χ3n) is 2.82. The van der Waals surface area contributed by atoms with Gasteiger partial charge in [-0.3, -0.25) is 4.79 Å². The van der Waals surface area contributed by atoms with E-state index in [1.807, 2.05) is 17.7 Å². The molecule has 0 aliphatic heterocycles. The van der Waals surface area contributed by atoms with Gasteiger partial charge in [0.15, 0.2) is 11.5 Å². The molecule has 0 amide bonds. The molecule has 0 unspecified atom stereocenters. The highest BCUT2D eigenvalue weighted by atomic mass is 16.5. The molecule has 2 rings (SSSR count). The van der Waals surface area contributed by atoms with E-state index in [4.69, 9.17) is 9.47 Å². The van der Waals surface area contributed by atoms with Gasteiger partial charge >= 0.3 is 0 Å². The molecule has 0 aliphatic rings. The SMILES string of the molecule is CCn1ccnc1COc1cc(C=O)ccc1OC. The Kier molecular flexibility index (Phi) is 4.18. The highest BCUT2D eigenvalue weighted by Crippen LogP contribution is 2.28. The van der Waals surface area contributed by atoms with Crippen LogP contribution in [0.4, 0.5) is 0 Å². The zero-order valence-corrected chi connectivity index (χ0v) is 11.0. The predicted octanol–water partition coefficient (Wildman–Crippen LogP) is 2.30. The largest absolute Gasteiger partial charge is 0.493 e. The maximum atomic E-state index is 10.8. The van der Waals surface area contributed by atoms with Crippen molar-refractivity contribution < 1.29 is 14.3 Å². The molecule has 0 N–H and O–H groups in total. The summed E-state index contributed by atoms with van der Waals surface area (Å²) in [4.78, 5) is 15.0. The molecule has 1 aromatic carbocycles. The number of aldehydes is 1. The summed E-state index contributed by atoms with van der Waals surface area (Å²) >= 11 is 0. The fraction of sp³-hybridized carbons (Fsp3) is 0.286. The molecule has 0 atom stereocenters. The van der Waals surface area contributed by atoms with E-state index in [1.165, 1.54) is 0 Å². The maximum absolute atomic E-state index is 10.8. The minimum Gasteiger partial charge on any atom is -0.493 e. The first-order valence-electron chi connectivity index (χ1n) is 6.04. The average molecular weight is 260 g/mol. The summed E-state index contributed by atoms with van der Waals surface area (Å²) in [7, 11) is 1.57. The van der Waals surface area contributed by atoms with E-state index in [1.54, 1.807) is 31.5 Å². The number of methoxy groups -OCH3 is 1. The molecule has 1 aromatic heterocycles. The molecule has 0 aliphatic carbocycles. The van der Waals surface area contributed by atoms with Crippen LogP contribution in [-0.2, 0) is 13.2 Å². The minimum atomic E-state index is 0.333. The highest BCUT2D eigenvalue weighted by molar-refractivity contribution is 5.76. The monoisotopic (exact) mass is 260 g/mol. The van der Waals surface area contributed by atoms with Crippen LogP contribution in [0.2, 0.25) is 0 Å². The molecule has 0 saturated heterocycles. The first kappa shape index (κ1) is 13.1. The van der Waals surface area contributed by atoms with E-state index >= 15 is 0 Å². The number of carbonyl (C=O) groups is 1. The van der Waals surface area contributed by atoms with Crippen molar-refractivity contribution in [3.8, 4) is 11.5 Å². The van der Waals surface area contributed by atoms with Crippen molar-refractivity contribution in [2.75, 3.05) is 7.11 Å². The van der Waals surface area contributed by atoms with Gasteiger partial charge in [-0.2, -0.15) is 0 Å². The topological polar surface area (TPSA) is 53.4 Å². The van der Waals surface area contributed by atoms with Gasteiger partial charge in [-0.15, -0.1) is 0 Å². The third kappa shape index (κ3) is 2.93. The number of carbonyl (C=O) groups excluding carboxylic acids is 1. The molecule has 0 bridgehead atoms. The number of imidazole rings is 1. The number of nitrogens with zero attached hydrogens (tertiary/aromatic N) is 2. The number of rotatable bonds is 6. The zero-order chi connectivity index (χ0) is 13.7. The minimum absolute atomic E-state index is 0.333. The summed E-state index contributed by atoms with van der Waals surface area (Å²) in [6.07, 6.45) is 4.42.